The summed E-state index contributed by atoms with van der Waals surface area (Å²) in [6, 6.07) is 10.8. The van der Waals surface area contributed by atoms with Gasteiger partial charge in [0.1, 0.15) is 0 Å². The van der Waals surface area contributed by atoms with Crippen molar-refractivity contribution in [2.75, 3.05) is 0 Å². The lowest BCUT2D eigenvalue weighted by Gasteiger charge is -2.10. The van der Waals surface area contributed by atoms with Gasteiger partial charge < -0.3 is 4.57 Å². The molecule has 86 valence electrons. The van der Waals surface area contributed by atoms with Gasteiger partial charge in [-0.15, -0.1) is 0 Å². The summed E-state index contributed by atoms with van der Waals surface area (Å²) in [5.41, 5.74) is 2.55. The average Bonchev–Trinajstić information content (AvgIpc) is 2.53. The van der Waals surface area contributed by atoms with Crippen LogP contribution in [0.15, 0.2) is 42.5 Å². The lowest BCUT2D eigenvalue weighted by atomic mass is 9.95. The molecule has 0 spiro atoms. The molecule has 1 aromatic heterocycles. The summed E-state index contributed by atoms with van der Waals surface area (Å²) in [4.78, 5) is 0. The van der Waals surface area contributed by atoms with Crippen molar-refractivity contribution in [1.29, 1.82) is 0 Å². The SMILES string of the molecule is CC(C)C1C=Cc2cc3ccccc3n2C=C1. The summed E-state index contributed by atoms with van der Waals surface area (Å²) in [5.74, 6) is 1.19. The first-order valence-electron chi connectivity index (χ1n) is 6.22. The molecule has 1 heteroatoms. The van der Waals surface area contributed by atoms with Gasteiger partial charge in [0, 0.05) is 17.3 Å². The van der Waals surface area contributed by atoms with Crippen LogP contribution in [0.3, 0.4) is 0 Å². The highest BCUT2D eigenvalue weighted by atomic mass is 15.0. The van der Waals surface area contributed by atoms with Crippen LogP contribution in [0, 0.1) is 11.8 Å². The summed E-state index contributed by atoms with van der Waals surface area (Å²) in [6.45, 7) is 4.52. The second-order valence-electron chi connectivity index (χ2n) is 5.02. The van der Waals surface area contributed by atoms with Gasteiger partial charge in [-0.3, -0.25) is 0 Å². The first kappa shape index (κ1) is 10.4. The van der Waals surface area contributed by atoms with Crippen LogP contribution in [0.2, 0.25) is 0 Å². The predicted molar refractivity (Wildman–Crippen MR) is 74.6 cm³/mol. The van der Waals surface area contributed by atoms with Gasteiger partial charge in [-0.25, -0.2) is 0 Å². The molecule has 0 fully saturated rings. The first-order valence-corrected chi connectivity index (χ1v) is 6.22. The Bertz CT molecular complexity index is 599. The average molecular weight is 223 g/mol. The second-order valence-corrected chi connectivity index (χ2v) is 5.02. The van der Waals surface area contributed by atoms with Gasteiger partial charge in [0.05, 0.1) is 5.52 Å². The van der Waals surface area contributed by atoms with Crippen molar-refractivity contribution >= 4 is 23.2 Å². The smallest absolute Gasteiger partial charge is 0.0528 e. The number of para-hydroxylation sites is 1. The Morgan fingerprint density at radius 2 is 1.94 bits per heavy atom. The molecule has 0 bridgehead atoms. The van der Waals surface area contributed by atoms with E-state index in [1.165, 1.54) is 16.6 Å². The molecule has 2 aromatic rings. The molecule has 0 amide bonds. The maximum Gasteiger partial charge on any atom is 0.0528 e. The summed E-state index contributed by atoms with van der Waals surface area (Å²) < 4.78 is 2.27. The maximum absolute atomic E-state index is 2.30. The molecule has 3 rings (SSSR count). The van der Waals surface area contributed by atoms with Gasteiger partial charge in [-0.1, -0.05) is 44.2 Å². The van der Waals surface area contributed by atoms with Crippen LogP contribution in [0.1, 0.15) is 19.5 Å². The summed E-state index contributed by atoms with van der Waals surface area (Å²) in [6.07, 6.45) is 9.05. The molecular formula is C16H17N. The molecule has 1 atom stereocenters. The van der Waals surface area contributed by atoms with Gasteiger partial charge in [-0.2, -0.15) is 0 Å². The highest BCUT2D eigenvalue weighted by Gasteiger charge is 2.11. The van der Waals surface area contributed by atoms with Crippen molar-refractivity contribution in [3.05, 3.63) is 48.2 Å². The van der Waals surface area contributed by atoms with E-state index >= 15 is 0 Å². The van der Waals surface area contributed by atoms with Crippen molar-refractivity contribution in [2.24, 2.45) is 11.8 Å². The molecule has 0 radical (unpaired) electrons. The number of hydrogen-bond donors (Lipinski definition) is 0. The van der Waals surface area contributed by atoms with Crippen molar-refractivity contribution in [3.63, 3.8) is 0 Å². The van der Waals surface area contributed by atoms with Crippen LogP contribution in [0.25, 0.3) is 23.2 Å². The van der Waals surface area contributed by atoms with E-state index in [-0.39, 0.29) is 0 Å². The van der Waals surface area contributed by atoms with Crippen LogP contribution in [-0.4, -0.2) is 4.57 Å². The van der Waals surface area contributed by atoms with Crippen molar-refractivity contribution in [3.8, 4) is 0 Å². The van der Waals surface area contributed by atoms with Gasteiger partial charge >= 0.3 is 0 Å². The van der Waals surface area contributed by atoms with Crippen LogP contribution < -0.4 is 0 Å². The van der Waals surface area contributed by atoms with Crippen LogP contribution in [-0.2, 0) is 0 Å². The lowest BCUT2D eigenvalue weighted by molar-refractivity contribution is 0.553. The minimum Gasteiger partial charge on any atom is -0.317 e. The number of hydrogen-bond acceptors (Lipinski definition) is 0. The van der Waals surface area contributed by atoms with E-state index in [4.69, 9.17) is 0 Å². The molecule has 0 N–H and O–H groups in total. The Kier molecular flexibility index (Phi) is 2.40. The van der Waals surface area contributed by atoms with Gasteiger partial charge in [0.2, 0.25) is 0 Å². The number of nitrogens with zero attached hydrogens (tertiary/aromatic N) is 1. The molecule has 1 nitrogen and oxygen atoms in total. The zero-order valence-corrected chi connectivity index (χ0v) is 10.3. The zero-order valence-electron chi connectivity index (χ0n) is 10.3. The van der Waals surface area contributed by atoms with Crippen LogP contribution >= 0.6 is 0 Å². The summed E-state index contributed by atoms with van der Waals surface area (Å²) in [7, 11) is 0. The highest BCUT2D eigenvalue weighted by molar-refractivity contribution is 5.86. The molecule has 1 unspecified atom stereocenters. The summed E-state index contributed by atoms with van der Waals surface area (Å²) in [5, 5.41) is 1.31. The molecule has 1 aliphatic heterocycles. The van der Waals surface area contributed by atoms with E-state index in [1.807, 2.05) is 0 Å². The van der Waals surface area contributed by atoms with Crippen molar-refractivity contribution in [1.82, 2.24) is 4.57 Å². The van der Waals surface area contributed by atoms with Crippen molar-refractivity contribution in [2.45, 2.75) is 13.8 Å². The van der Waals surface area contributed by atoms with Gasteiger partial charge in [0.15, 0.2) is 0 Å². The molecule has 1 aliphatic rings. The third kappa shape index (κ3) is 1.72. The quantitative estimate of drug-likeness (QED) is 0.674. The first-order chi connectivity index (χ1) is 8.25. The number of aromatic nitrogens is 1. The minimum absolute atomic E-state index is 0.536. The Morgan fingerprint density at radius 3 is 2.76 bits per heavy atom. The Balaban J connectivity index is 2.15. The Hall–Kier alpha value is -1.76. The fourth-order valence-electron chi connectivity index (χ4n) is 2.40. The van der Waals surface area contributed by atoms with Gasteiger partial charge in [0.25, 0.3) is 0 Å². The number of allylic oxidation sites excluding steroid dienone is 2. The molecule has 0 saturated carbocycles. The van der Waals surface area contributed by atoms with E-state index < -0.39 is 0 Å². The summed E-state index contributed by atoms with van der Waals surface area (Å²) >= 11 is 0. The molecule has 0 saturated heterocycles. The zero-order chi connectivity index (χ0) is 11.8. The molecule has 2 heterocycles. The maximum atomic E-state index is 2.30. The fraction of sp³-hybridized carbons (Fsp3) is 0.250. The highest BCUT2D eigenvalue weighted by Crippen LogP contribution is 2.26. The second kappa shape index (κ2) is 3.92. The molecule has 0 aliphatic carbocycles. The standard InChI is InChI=1S/C16H17N/c1-12(2)13-7-8-15-11-14-5-3-4-6-16(14)17(15)10-9-13/h3-13H,1-2H3. The molecule has 1 aromatic carbocycles. The largest absolute Gasteiger partial charge is 0.317 e. The number of benzene rings is 1. The van der Waals surface area contributed by atoms with E-state index in [2.05, 4.69) is 73.2 Å². The third-order valence-corrected chi connectivity index (χ3v) is 3.49. The van der Waals surface area contributed by atoms with E-state index in [9.17, 15) is 0 Å². The van der Waals surface area contributed by atoms with Crippen LogP contribution in [0.4, 0.5) is 0 Å². The number of fused-ring (bicyclic) bond motifs is 3. The van der Waals surface area contributed by atoms with E-state index in [0.29, 0.717) is 11.8 Å². The lowest BCUT2D eigenvalue weighted by Crippen LogP contribution is -2.00. The van der Waals surface area contributed by atoms with E-state index in [1.54, 1.807) is 0 Å². The predicted octanol–water partition coefficient (Wildman–Crippen LogP) is 4.41. The molecular weight excluding hydrogens is 206 g/mol. The molecule has 17 heavy (non-hydrogen) atoms. The third-order valence-electron chi connectivity index (χ3n) is 3.49. The number of rotatable bonds is 1. The minimum atomic E-state index is 0.536. The van der Waals surface area contributed by atoms with E-state index in [0.717, 1.165) is 0 Å². The normalized spacial score (nSPS) is 18.6. The topological polar surface area (TPSA) is 4.93 Å². The monoisotopic (exact) mass is 223 g/mol. The van der Waals surface area contributed by atoms with Crippen molar-refractivity contribution < 1.29 is 0 Å². The van der Waals surface area contributed by atoms with Crippen LogP contribution in [0.5, 0.6) is 0 Å². The van der Waals surface area contributed by atoms with Gasteiger partial charge in [-0.05, 0) is 30.0 Å². The Labute approximate surface area is 102 Å². The fourth-order valence-corrected chi connectivity index (χ4v) is 2.40. The Morgan fingerprint density at radius 1 is 1.12 bits per heavy atom.